The molecule has 0 unspecified atom stereocenters. The predicted molar refractivity (Wildman–Crippen MR) is 102 cm³/mol. The molecule has 1 aromatic carbocycles. The molecule has 0 aromatic heterocycles. The van der Waals surface area contributed by atoms with Crippen LogP contribution in [0.5, 0.6) is 5.75 Å². The lowest BCUT2D eigenvalue weighted by Crippen LogP contribution is -2.40. The van der Waals surface area contributed by atoms with Crippen molar-refractivity contribution in [1.29, 1.82) is 0 Å². The first-order chi connectivity index (χ1) is 12.5. The quantitative estimate of drug-likeness (QED) is 0.533. The highest BCUT2D eigenvalue weighted by atomic mass is 16.5. The van der Waals surface area contributed by atoms with E-state index in [-0.39, 0.29) is 18.3 Å². The Morgan fingerprint density at radius 1 is 0.962 bits per heavy atom. The fraction of sp³-hybridized carbons (Fsp3) is 0.600. The van der Waals surface area contributed by atoms with Crippen molar-refractivity contribution in [2.24, 2.45) is 0 Å². The van der Waals surface area contributed by atoms with E-state index in [0.29, 0.717) is 26.1 Å². The molecular weight excluding hydrogens is 332 g/mol. The first-order valence-electron chi connectivity index (χ1n) is 9.32. The van der Waals surface area contributed by atoms with E-state index in [9.17, 15) is 9.59 Å². The van der Waals surface area contributed by atoms with Crippen LogP contribution in [0.3, 0.4) is 0 Å². The lowest BCUT2D eigenvalue weighted by Gasteiger charge is -2.26. The Morgan fingerprint density at radius 2 is 1.62 bits per heavy atom. The average molecular weight is 364 g/mol. The van der Waals surface area contributed by atoms with Gasteiger partial charge >= 0.3 is 5.97 Å². The summed E-state index contributed by atoms with van der Waals surface area (Å²) < 4.78 is 10.1. The number of ether oxygens (including phenoxy) is 2. The molecule has 1 aromatic rings. The molecule has 0 fully saturated rings. The molecule has 0 bridgehead atoms. The molecule has 6 nitrogen and oxygen atoms in total. The molecule has 0 saturated carbocycles. The van der Waals surface area contributed by atoms with Crippen LogP contribution in [-0.2, 0) is 20.7 Å². The van der Waals surface area contributed by atoms with Gasteiger partial charge in [-0.2, -0.15) is 0 Å². The van der Waals surface area contributed by atoms with Gasteiger partial charge in [-0.25, -0.2) is 0 Å². The van der Waals surface area contributed by atoms with Crippen LogP contribution in [0.1, 0.15) is 32.8 Å². The van der Waals surface area contributed by atoms with E-state index in [2.05, 4.69) is 18.7 Å². The van der Waals surface area contributed by atoms with Gasteiger partial charge in [0, 0.05) is 19.6 Å². The number of hydrogen-bond acceptors (Lipinski definition) is 5. The molecule has 0 aliphatic rings. The van der Waals surface area contributed by atoms with Gasteiger partial charge in [-0.15, -0.1) is 0 Å². The summed E-state index contributed by atoms with van der Waals surface area (Å²) in [6.07, 6.45) is 0.523. The molecular formula is C20H32N2O4. The van der Waals surface area contributed by atoms with Gasteiger partial charge in [-0.1, -0.05) is 26.0 Å². The second kappa shape index (κ2) is 12.3. The summed E-state index contributed by atoms with van der Waals surface area (Å²) in [5.41, 5.74) is 0.935. The van der Waals surface area contributed by atoms with Gasteiger partial charge in [-0.3, -0.25) is 9.59 Å². The molecule has 0 radical (unpaired) electrons. The minimum Gasteiger partial charge on any atom is -0.494 e. The van der Waals surface area contributed by atoms with Crippen molar-refractivity contribution >= 4 is 11.9 Å². The van der Waals surface area contributed by atoms with E-state index >= 15 is 0 Å². The number of methoxy groups -OCH3 is 1. The first-order valence-corrected chi connectivity index (χ1v) is 9.32. The van der Waals surface area contributed by atoms with E-state index in [4.69, 9.17) is 9.47 Å². The monoisotopic (exact) mass is 364 g/mol. The zero-order chi connectivity index (χ0) is 19.4. The van der Waals surface area contributed by atoms with E-state index in [1.165, 1.54) is 7.11 Å². The zero-order valence-electron chi connectivity index (χ0n) is 16.5. The third-order valence-corrected chi connectivity index (χ3v) is 4.34. The molecule has 0 saturated heterocycles. The van der Waals surface area contributed by atoms with Crippen LogP contribution in [0.4, 0.5) is 0 Å². The number of rotatable bonds is 12. The average Bonchev–Trinajstić information content (AvgIpc) is 2.66. The van der Waals surface area contributed by atoms with Gasteiger partial charge < -0.3 is 19.3 Å². The van der Waals surface area contributed by atoms with E-state index in [1.54, 1.807) is 4.90 Å². The van der Waals surface area contributed by atoms with Crippen LogP contribution < -0.4 is 4.74 Å². The Balaban J connectivity index is 2.69. The van der Waals surface area contributed by atoms with Gasteiger partial charge in [0.15, 0.2) is 0 Å². The van der Waals surface area contributed by atoms with Crippen LogP contribution in [0.25, 0.3) is 0 Å². The molecule has 0 spiro atoms. The molecule has 0 atom stereocenters. The SMILES string of the molecule is CCOc1ccc(CC(=O)N(CCC(=O)OC)CCN(CC)CC)cc1. The van der Waals surface area contributed by atoms with Crippen molar-refractivity contribution in [1.82, 2.24) is 9.80 Å². The summed E-state index contributed by atoms with van der Waals surface area (Å²) in [6.45, 7) is 10.4. The van der Waals surface area contributed by atoms with Crippen molar-refractivity contribution in [2.45, 2.75) is 33.6 Å². The fourth-order valence-corrected chi connectivity index (χ4v) is 2.65. The van der Waals surface area contributed by atoms with Crippen LogP contribution >= 0.6 is 0 Å². The number of esters is 1. The van der Waals surface area contributed by atoms with Gasteiger partial charge in [0.2, 0.25) is 5.91 Å². The highest BCUT2D eigenvalue weighted by molar-refractivity contribution is 5.79. The molecule has 0 aliphatic heterocycles. The van der Waals surface area contributed by atoms with Crippen molar-refractivity contribution < 1.29 is 19.1 Å². The van der Waals surface area contributed by atoms with Crippen molar-refractivity contribution in [2.75, 3.05) is 46.4 Å². The summed E-state index contributed by atoms with van der Waals surface area (Å²) >= 11 is 0. The van der Waals surface area contributed by atoms with Gasteiger partial charge in [0.25, 0.3) is 0 Å². The fourth-order valence-electron chi connectivity index (χ4n) is 2.65. The van der Waals surface area contributed by atoms with Gasteiger partial charge in [0.1, 0.15) is 5.75 Å². The summed E-state index contributed by atoms with van der Waals surface area (Å²) in [4.78, 5) is 28.2. The molecule has 26 heavy (non-hydrogen) atoms. The van der Waals surface area contributed by atoms with E-state index in [0.717, 1.165) is 30.9 Å². The maximum atomic E-state index is 12.7. The summed E-state index contributed by atoms with van der Waals surface area (Å²) in [5.74, 6) is 0.518. The molecule has 0 N–H and O–H groups in total. The van der Waals surface area contributed by atoms with Gasteiger partial charge in [-0.05, 0) is 37.7 Å². The van der Waals surface area contributed by atoms with Crippen LogP contribution in [0.2, 0.25) is 0 Å². The lowest BCUT2D eigenvalue weighted by atomic mass is 10.1. The molecule has 0 aliphatic carbocycles. The minimum absolute atomic E-state index is 0.0187. The first kappa shape index (κ1) is 22.0. The minimum atomic E-state index is -0.299. The largest absolute Gasteiger partial charge is 0.494 e. The smallest absolute Gasteiger partial charge is 0.307 e. The maximum Gasteiger partial charge on any atom is 0.307 e. The topological polar surface area (TPSA) is 59.1 Å². The Hall–Kier alpha value is -2.08. The predicted octanol–water partition coefficient (Wildman–Crippen LogP) is 2.36. The number of nitrogens with zero attached hydrogens (tertiary/aromatic N) is 2. The van der Waals surface area contributed by atoms with Crippen molar-refractivity contribution in [3.8, 4) is 5.75 Å². The second-order valence-corrected chi connectivity index (χ2v) is 5.99. The molecule has 146 valence electrons. The van der Waals surface area contributed by atoms with Crippen LogP contribution in [0, 0.1) is 0 Å². The van der Waals surface area contributed by atoms with E-state index < -0.39 is 0 Å². The Kier molecular flexibility index (Phi) is 10.4. The number of amides is 1. The van der Waals surface area contributed by atoms with Crippen molar-refractivity contribution in [3.63, 3.8) is 0 Å². The number of carbonyl (C=O) groups is 2. The summed E-state index contributed by atoms with van der Waals surface area (Å²) in [5, 5.41) is 0. The number of carbonyl (C=O) groups excluding carboxylic acids is 2. The number of likely N-dealkylation sites (N-methyl/N-ethyl adjacent to an activating group) is 1. The number of benzene rings is 1. The molecule has 1 amide bonds. The summed E-state index contributed by atoms with van der Waals surface area (Å²) in [6, 6.07) is 7.57. The Bertz CT molecular complexity index is 541. The lowest BCUT2D eigenvalue weighted by molar-refractivity contribution is -0.141. The van der Waals surface area contributed by atoms with Crippen LogP contribution in [-0.4, -0.2) is 68.1 Å². The Morgan fingerprint density at radius 3 is 2.15 bits per heavy atom. The molecule has 6 heteroatoms. The third kappa shape index (κ3) is 7.87. The Labute approximate surface area is 157 Å². The highest BCUT2D eigenvalue weighted by Gasteiger charge is 2.16. The van der Waals surface area contributed by atoms with Gasteiger partial charge in [0.05, 0.1) is 26.6 Å². The van der Waals surface area contributed by atoms with Crippen LogP contribution in [0.15, 0.2) is 24.3 Å². The maximum absolute atomic E-state index is 12.7. The molecule has 1 rings (SSSR count). The zero-order valence-corrected chi connectivity index (χ0v) is 16.5. The second-order valence-electron chi connectivity index (χ2n) is 5.99. The summed E-state index contributed by atoms with van der Waals surface area (Å²) in [7, 11) is 1.37. The molecule has 0 heterocycles. The standard InChI is InChI=1S/C20H32N2O4/c1-5-21(6-2)14-15-22(13-12-20(24)25-4)19(23)16-17-8-10-18(11-9-17)26-7-3/h8-11H,5-7,12-16H2,1-4H3. The highest BCUT2D eigenvalue weighted by Crippen LogP contribution is 2.13. The van der Waals surface area contributed by atoms with E-state index in [1.807, 2.05) is 31.2 Å². The number of hydrogen-bond donors (Lipinski definition) is 0. The van der Waals surface area contributed by atoms with Crippen molar-refractivity contribution in [3.05, 3.63) is 29.8 Å². The third-order valence-electron chi connectivity index (χ3n) is 4.34. The normalized spacial score (nSPS) is 10.7.